The Balaban J connectivity index is 1.42. The molecule has 0 spiro atoms. The van der Waals surface area contributed by atoms with Gasteiger partial charge in [-0.3, -0.25) is 9.80 Å². The minimum Gasteiger partial charge on any atom is -0.297 e. The lowest BCUT2D eigenvalue weighted by molar-refractivity contribution is 0.0139. The van der Waals surface area contributed by atoms with E-state index >= 15 is 0 Å². The fraction of sp³-hybridized carbons (Fsp3) is 0.889. The van der Waals surface area contributed by atoms with Gasteiger partial charge in [0.25, 0.3) is 0 Å². The van der Waals surface area contributed by atoms with Crippen molar-refractivity contribution < 1.29 is 0 Å². The Bertz CT molecular complexity index is 542. The molecule has 128 valence electrons. The second kappa shape index (κ2) is 5.85. The van der Waals surface area contributed by atoms with Gasteiger partial charge in [-0.15, -0.1) is 0 Å². The second-order valence-corrected chi connectivity index (χ2v) is 8.72. The molecule has 23 heavy (non-hydrogen) atoms. The minimum atomic E-state index is 0.0117. The van der Waals surface area contributed by atoms with Crippen LogP contribution in [0, 0.1) is 5.92 Å². The molecule has 0 amide bonds. The summed E-state index contributed by atoms with van der Waals surface area (Å²) in [5.41, 5.74) is 0.0117. The lowest BCUT2D eigenvalue weighted by atomic mass is 9.83. The SMILES string of the molecule is CC(C)(C)n1ncnc1CN1CCC2C(CCCN2C2CC2)C1. The summed E-state index contributed by atoms with van der Waals surface area (Å²) < 4.78 is 2.09. The fourth-order valence-corrected chi connectivity index (χ4v) is 4.65. The van der Waals surface area contributed by atoms with Gasteiger partial charge in [0.1, 0.15) is 12.2 Å². The summed E-state index contributed by atoms with van der Waals surface area (Å²) >= 11 is 0. The first-order chi connectivity index (χ1) is 11.0. The molecule has 0 aromatic carbocycles. The summed E-state index contributed by atoms with van der Waals surface area (Å²) in [6.45, 7) is 11.4. The van der Waals surface area contributed by atoms with E-state index in [1.165, 1.54) is 51.7 Å². The molecule has 0 bridgehead atoms. The molecule has 0 N–H and O–H groups in total. The predicted octanol–water partition coefficient (Wildman–Crippen LogP) is 2.48. The van der Waals surface area contributed by atoms with E-state index in [0.29, 0.717) is 0 Å². The minimum absolute atomic E-state index is 0.0117. The van der Waals surface area contributed by atoms with Crippen molar-refractivity contribution in [3.63, 3.8) is 0 Å². The standard InChI is InChI=1S/C18H31N5/c1-18(2,3)23-17(19-13-20-23)12-21-10-8-16-14(11-21)5-4-9-22(16)15-6-7-15/h13-16H,4-12H2,1-3H3. The van der Waals surface area contributed by atoms with Crippen LogP contribution in [0.15, 0.2) is 6.33 Å². The summed E-state index contributed by atoms with van der Waals surface area (Å²) in [7, 11) is 0. The molecule has 4 rings (SSSR count). The Hall–Kier alpha value is -0.940. The van der Waals surface area contributed by atoms with Crippen LogP contribution in [0.2, 0.25) is 0 Å². The average molecular weight is 317 g/mol. The van der Waals surface area contributed by atoms with Crippen LogP contribution in [0.3, 0.4) is 0 Å². The van der Waals surface area contributed by atoms with E-state index in [4.69, 9.17) is 0 Å². The quantitative estimate of drug-likeness (QED) is 0.858. The largest absolute Gasteiger partial charge is 0.297 e. The lowest BCUT2D eigenvalue weighted by Crippen LogP contribution is -2.54. The summed E-state index contributed by atoms with van der Waals surface area (Å²) in [4.78, 5) is 10.00. The van der Waals surface area contributed by atoms with Gasteiger partial charge in [-0.25, -0.2) is 9.67 Å². The van der Waals surface area contributed by atoms with Crippen molar-refractivity contribution in [1.82, 2.24) is 24.6 Å². The van der Waals surface area contributed by atoms with Gasteiger partial charge < -0.3 is 0 Å². The zero-order valence-corrected chi connectivity index (χ0v) is 14.9. The zero-order chi connectivity index (χ0) is 16.0. The predicted molar refractivity (Wildman–Crippen MR) is 91.2 cm³/mol. The summed E-state index contributed by atoms with van der Waals surface area (Å²) in [6, 6.07) is 1.78. The highest BCUT2D eigenvalue weighted by Gasteiger charge is 2.42. The van der Waals surface area contributed by atoms with Gasteiger partial charge in [-0.1, -0.05) is 0 Å². The number of fused-ring (bicyclic) bond motifs is 1. The van der Waals surface area contributed by atoms with Crippen LogP contribution in [0.25, 0.3) is 0 Å². The second-order valence-electron chi connectivity index (χ2n) is 8.72. The van der Waals surface area contributed by atoms with E-state index in [2.05, 4.69) is 45.3 Å². The molecule has 5 nitrogen and oxygen atoms in total. The first-order valence-corrected chi connectivity index (χ1v) is 9.40. The van der Waals surface area contributed by atoms with Gasteiger partial charge >= 0.3 is 0 Å². The van der Waals surface area contributed by atoms with Crippen LogP contribution < -0.4 is 0 Å². The molecule has 2 unspecified atom stereocenters. The molecule has 3 heterocycles. The van der Waals surface area contributed by atoms with Crippen molar-refractivity contribution in [2.24, 2.45) is 5.92 Å². The van der Waals surface area contributed by atoms with Crippen LogP contribution in [0.1, 0.15) is 58.7 Å². The number of hydrogen-bond acceptors (Lipinski definition) is 4. The molecular weight excluding hydrogens is 286 g/mol. The number of piperidine rings is 2. The monoisotopic (exact) mass is 317 g/mol. The smallest absolute Gasteiger partial charge is 0.141 e. The van der Waals surface area contributed by atoms with Gasteiger partial charge in [0, 0.05) is 25.2 Å². The highest BCUT2D eigenvalue weighted by molar-refractivity contribution is 4.98. The van der Waals surface area contributed by atoms with E-state index in [9.17, 15) is 0 Å². The summed E-state index contributed by atoms with van der Waals surface area (Å²) in [5, 5.41) is 4.45. The molecule has 3 aliphatic rings. The molecular formula is C18H31N5. The van der Waals surface area contributed by atoms with Crippen LogP contribution in [0.5, 0.6) is 0 Å². The molecule has 1 saturated carbocycles. The van der Waals surface area contributed by atoms with E-state index in [0.717, 1.165) is 30.4 Å². The fourth-order valence-electron chi connectivity index (χ4n) is 4.65. The van der Waals surface area contributed by atoms with Crippen LogP contribution in [0.4, 0.5) is 0 Å². The molecule has 2 atom stereocenters. The maximum absolute atomic E-state index is 4.53. The number of nitrogens with zero attached hydrogens (tertiary/aromatic N) is 5. The van der Waals surface area contributed by atoms with Crippen molar-refractivity contribution in [1.29, 1.82) is 0 Å². The number of rotatable bonds is 3. The van der Waals surface area contributed by atoms with Gasteiger partial charge in [-0.05, 0) is 65.3 Å². The van der Waals surface area contributed by atoms with Gasteiger partial charge in [0.15, 0.2) is 0 Å². The van der Waals surface area contributed by atoms with Crippen molar-refractivity contribution in [3.8, 4) is 0 Å². The van der Waals surface area contributed by atoms with E-state index in [1.807, 2.05) is 0 Å². The Kier molecular flexibility index (Phi) is 3.96. The molecule has 1 aromatic heterocycles. The highest BCUT2D eigenvalue weighted by atomic mass is 15.4. The van der Waals surface area contributed by atoms with E-state index in [-0.39, 0.29) is 5.54 Å². The van der Waals surface area contributed by atoms with Crippen LogP contribution in [-0.2, 0) is 12.1 Å². The molecule has 1 aromatic rings. The van der Waals surface area contributed by atoms with E-state index < -0.39 is 0 Å². The Morgan fingerprint density at radius 3 is 2.70 bits per heavy atom. The average Bonchev–Trinajstić information content (AvgIpc) is 3.24. The Morgan fingerprint density at radius 2 is 1.96 bits per heavy atom. The highest BCUT2D eigenvalue weighted by Crippen LogP contribution is 2.38. The molecule has 0 radical (unpaired) electrons. The molecule has 2 aliphatic heterocycles. The third kappa shape index (κ3) is 3.18. The first kappa shape index (κ1) is 15.6. The van der Waals surface area contributed by atoms with Gasteiger partial charge in [0.2, 0.25) is 0 Å². The molecule has 2 saturated heterocycles. The molecule has 5 heteroatoms. The number of hydrogen-bond donors (Lipinski definition) is 0. The number of likely N-dealkylation sites (tertiary alicyclic amines) is 2. The van der Waals surface area contributed by atoms with Crippen molar-refractivity contribution in [2.75, 3.05) is 19.6 Å². The zero-order valence-electron chi connectivity index (χ0n) is 14.9. The lowest BCUT2D eigenvalue weighted by Gasteiger charge is -2.47. The third-order valence-electron chi connectivity index (χ3n) is 5.83. The number of aromatic nitrogens is 3. The topological polar surface area (TPSA) is 37.2 Å². The maximum atomic E-state index is 4.53. The van der Waals surface area contributed by atoms with Gasteiger partial charge in [-0.2, -0.15) is 5.10 Å². The van der Waals surface area contributed by atoms with Crippen molar-refractivity contribution >= 4 is 0 Å². The summed E-state index contributed by atoms with van der Waals surface area (Å²) in [5.74, 6) is 1.98. The van der Waals surface area contributed by atoms with Crippen LogP contribution in [-0.4, -0.2) is 56.3 Å². The maximum Gasteiger partial charge on any atom is 0.141 e. The summed E-state index contributed by atoms with van der Waals surface area (Å²) in [6.07, 6.45) is 8.75. The third-order valence-corrected chi connectivity index (χ3v) is 5.83. The Morgan fingerprint density at radius 1 is 1.13 bits per heavy atom. The van der Waals surface area contributed by atoms with Crippen molar-refractivity contribution in [2.45, 2.75) is 77.0 Å². The Labute approximate surface area is 140 Å². The van der Waals surface area contributed by atoms with Crippen LogP contribution >= 0.6 is 0 Å². The van der Waals surface area contributed by atoms with Gasteiger partial charge in [0.05, 0.1) is 12.1 Å². The normalized spacial score (nSPS) is 30.4. The molecule has 3 fully saturated rings. The van der Waals surface area contributed by atoms with E-state index in [1.54, 1.807) is 6.33 Å². The first-order valence-electron chi connectivity index (χ1n) is 9.40. The molecule has 1 aliphatic carbocycles. The van der Waals surface area contributed by atoms with Crippen molar-refractivity contribution in [3.05, 3.63) is 12.2 Å².